The molecular formula is C16H20ClFN2O3S. The van der Waals surface area contributed by atoms with E-state index in [9.17, 15) is 12.8 Å². The highest BCUT2D eigenvalue weighted by molar-refractivity contribution is 7.89. The van der Waals surface area contributed by atoms with Crippen molar-refractivity contribution < 1.29 is 17.2 Å². The lowest BCUT2D eigenvalue weighted by Gasteiger charge is -2.33. The Morgan fingerprint density at radius 3 is 2.42 bits per heavy atom. The summed E-state index contributed by atoms with van der Waals surface area (Å²) in [5.74, 6) is 1.20. The first-order valence-electron chi connectivity index (χ1n) is 7.48. The van der Waals surface area contributed by atoms with Crippen molar-refractivity contribution in [1.29, 1.82) is 0 Å². The second-order valence-electron chi connectivity index (χ2n) is 5.65. The van der Waals surface area contributed by atoms with Gasteiger partial charge in [0.25, 0.3) is 0 Å². The van der Waals surface area contributed by atoms with E-state index in [0.717, 1.165) is 17.6 Å². The molecule has 0 radical (unpaired) electrons. The highest BCUT2D eigenvalue weighted by Gasteiger charge is 2.28. The molecule has 132 valence electrons. The second-order valence-corrected chi connectivity index (χ2v) is 7.59. The Hall–Kier alpha value is -1.41. The summed E-state index contributed by atoms with van der Waals surface area (Å²) in [4.78, 5) is 2.16. The molecule has 1 fully saturated rings. The molecule has 0 atom stereocenters. The number of halogens is 2. The van der Waals surface area contributed by atoms with Crippen molar-refractivity contribution >= 4 is 22.4 Å². The normalized spacial score (nSPS) is 16.8. The Labute approximate surface area is 147 Å². The van der Waals surface area contributed by atoms with Crippen molar-refractivity contribution in [2.45, 2.75) is 18.4 Å². The fourth-order valence-electron chi connectivity index (χ4n) is 2.70. The van der Waals surface area contributed by atoms with Crippen LogP contribution < -0.4 is 0 Å². The molecule has 24 heavy (non-hydrogen) atoms. The Bertz CT molecular complexity index is 786. The Morgan fingerprint density at radius 1 is 1.12 bits per heavy atom. The van der Waals surface area contributed by atoms with Crippen LogP contribution in [0.1, 0.15) is 11.5 Å². The highest BCUT2D eigenvalue weighted by Crippen LogP contribution is 2.19. The minimum Gasteiger partial charge on any atom is -0.465 e. The predicted molar refractivity (Wildman–Crippen MR) is 91.1 cm³/mol. The van der Waals surface area contributed by atoms with Gasteiger partial charge in [-0.3, -0.25) is 4.90 Å². The first kappa shape index (κ1) is 18.9. The molecule has 2 aromatic rings. The van der Waals surface area contributed by atoms with E-state index < -0.39 is 15.8 Å². The molecule has 1 aliphatic heterocycles. The molecule has 8 heteroatoms. The van der Waals surface area contributed by atoms with Gasteiger partial charge in [0.2, 0.25) is 10.0 Å². The lowest BCUT2D eigenvalue weighted by molar-refractivity contribution is 0.170. The lowest BCUT2D eigenvalue weighted by atomic mass is 10.3. The molecule has 5 nitrogen and oxygen atoms in total. The van der Waals surface area contributed by atoms with Crippen molar-refractivity contribution in [3.8, 4) is 0 Å². The first-order chi connectivity index (χ1) is 10.9. The van der Waals surface area contributed by atoms with Gasteiger partial charge in [-0.25, -0.2) is 12.8 Å². The van der Waals surface area contributed by atoms with E-state index in [0.29, 0.717) is 32.7 Å². The number of piperazine rings is 1. The largest absolute Gasteiger partial charge is 0.465 e. The summed E-state index contributed by atoms with van der Waals surface area (Å²) >= 11 is 0. The summed E-state index contributed by atoms with van der Waals surface area (Å²) in [6.07, 6.45) is 0. The number of furan rings is 1. The molecule has 1 saturated heterocycles. The third kappa shape index (κ3) is 4.16. The Morgan fingerprint density at radius 2 is 1.83 bits per heavy atom. The fraction of sp³-hybridized carbons (Fsp3) is 0.375. The Balaban J connectivity index is 0.00000208. The zero-order valence-electron chi connectivity index (χ0n) is 13.3. The molecule has 0 unspecified atom stereocenters. The summed E-state index contributed by atoms with van der Waals surface area (Å²) in [6, 6.07) is 8.99. The molecule has 0 bridgehead atoms. The highest BCUT2D eigenvalue weighted by atomic mass is 35.5. The summed E-state index contributed by atoms with van der Waals surface area (Å²) in [5, 5.41) is 0. The summed E-state index contributed by atoms with van der Waals surface area (Å²) < 4.78 is 45.3. The van der Waals surface area contributed by atoms with Gasteiger partial charge in [0.1, 0.15) is 17.3 Å². The van der Waals surface area contributed by atoms with Gasteiger partial charge in [0, 0.05) is 26.2 Å². The second kappa shape index (κ2) is 7.65. The average molecular weight is 375 g/mol. The van der Waals surface area contributed by atoms with Crippen LogP contribution >= 0.6 is 12.4 Å². The molecule has 0 saturated carbocycles. The van der Waals surface area contributed by atoms with Crippen molar-refractivity contribution in [3.05, 3.63) is 53.7 Å². The molecule has 1 aromatic heterocycles. The van der Waals surface area contributed by atoms with Crippen LogP contribution in [0.2, 0.25) is 0 Å². The van der Waals surface area contributed by atoms with Gasteiger partial charge in [-0.2, -0.15) is 4.31 Å². The van der Waals surface area contributed by atoms with E-state index in [1.165, 1.54) is 22.5 Å². The summed E-state index contributed by atoms with van der Waals surface area (Å²) in [5.41, 5.74) is 0. The number of aryl methyl sites for hydroxylation is 1. The number of sulfonamides is 1. The Kier molecular flexibility index (Phi) is 6.03. The van der Waals surface area contributed by atoms with Gasteiger partial charge in [-0.05, 0) is 37.3 Å². The van der Waals surface area contributed by atoms with E-state index in [2.05, 4.69) is 4.90 Å². The average Bonchev–Trinajstić information content (AvgIpc) is 2.93. The lowest BCUT2D eigenvalue weighted by Crippen LogP contribution is -2.48. The fourth-order valence-corrected chi connectivity index (χ4v) is 4.15. The van der Waals surface area contributed by atoms with Gasteiger partial charge in [0.15, 0.2) is 0 Å². The van der Waals surface area contributed by atoms with Gasteiger partial charge >= 0.3 is 0 Å². The monoisotopic (exact) mass is 374 g/mol. The van der Waals surface area contributed by atoms with Crippen molar-refractivity contribution in [1.82, 2.24) is 9.21 Å². The third-order valence-electron chi connectivity index (χ3n) is 3.94. The maximum Gasteiger partial charge on any atom is 0.243 e. The van der Waals surface area contributed by atoms with Crippen LogP contribution in [0.15, 0.2) is 45.7 Å². The summed E-state index contributed by atoms with van der Waals surface area (Å²) in [7, 11) is -3.63. The molecule has 1 aliphatic rings. The number of hydrogen-bond acceptors (Lipinski definition) is 4. The zero-order valence-corrected chi connectivity index (χ0v) is 14.9. The predicted octanol–water partition coefficient (Wildman–Crippen LogP) is 2.66. The smallest absolute Gasteiger partial charge is 0.243 e. The molecule has 0 aliphatic carbocycles. The molecule has 0 amide bonds. The van der Waals surface area contributed by atoms with Gasteiger partial charge in [0.05, 0.1) is 11.4 Å². The number of hydrogen-bond donors (Lipinski definition) is 0. The summed E-state index contributed by atoms with van der Waals surface area (Å²) in [6.45, 7) is 4.58. The van der Waals surface area contributed by atoms with Crippen molar-refractivity contribution in [3.63, 3.8) is 0 Å². The quantitative estimate of drug-likeness (QED) is 0.825. The molecule has 0 N–H and O–H groups in total. The van der Waals surface area contributed by atoms with E-state index in [1.807, 2.05) is 19.1 Å². The van der Waals surface area contributed by atoms with Crippen molar-refractivity contribution in [2.24, 2.45) is 0 Å². The van der Waals surface area contributed by atoms with Crippen LogP contribution in [0.3, 0.4) is 0 Å². The SMILES string of the molecule is Cc1ccc(CN2CCN(S(=O)(=O)c3cccc(F)c3)CC2)o1.Cl. The third-order valence-corrected chi connectivity index (χ3v) is 5.84. The van der Waals surface area contributed by atoms with Gasteiger partial charge in [-0.15, -0.1) is 12.4 Å². The van der Waals surface area contributed by atoms with Crippen LogP contribution in [0.25, 0.3) is 0 Å². The zero-order chi connectivity index (χ0) is 16.4. The van der Waals surface area contributed by atoms with Crippen LogP contribution in [0.5, 0.6) is 0 Å². The topological polar surface area (TPSA) is 53.8 Å². The maximum atomic E-state index is 13.3. The molecule has 0 spiro atoms. The number of nitrogens with zero attached hydrogens (tertiary/aromatic N) is 2. The molecular weight excluding hydrogens is 355 g/mol. The van der Waals surface area contributed by atoms with E-state index in [4.69, 9.17) is 4.42 Å². The standard InChI is InChI=1S/C16H19FN2O3S.ClH/c1-13-5-6-15(22-13)12-18-7-9-19(10-8-18)23(20,21)16-4-2-3-14(17)11-16;/h2-6,11H,7-10,12H2,1H3;1H. The number of rotatable bonds is 4. The van der Waals surface area contributed by atoms with E-state index >= 15 is 0 Å². The maximum absolute atomic E-state index is 13.3. The molecule has 3 rings (SSSR count). The number of benzene rings is 1. The first-order valence-corrected chi connectivity index (χ1v) is 8.92. The van der Waals surface area contributed by atoms with Crippen LogP contribution in [-0.4, -0.2) is 43.8 Å². The van der Waals surface area contributed by atoms with Crippen LogP contribution in [0, 0.1) is 12.7 Å². The molecule has 2 heterocycles. The van der Waals surface area contributed by atoms with E-state index in [1.54, 1.807) is 0 Å². The van der Waals surface area contributed by atoms with Gasteiger partial charge in [-0.1, -0.05) is 6.07 Å². The van der Waals surface area contributed by atoms with Crippen LogP contribution in [0.4, 0.5) is 4.39 Å². The molecule has 1 aromatic carbocycles. The minimum atomic E-state index is -3.63. The van der Waals surface area contributed by atoms with E-state index in [-0.39, 0.29) is 17.3 Å². The van der Waals surface area contributed by atoms with Crippen molar-refractivity contribution in [2.75, 3.05) is 26.2 Å². The van der Waals surface area contributed by atoms with Crippen LogP contribution in [-0.2, 0) is 16.6 Å². The minimum absolute atomic E-state index is 0. The van der Waals surface area contributed by atoms with Gasteiger partial charge < -0.3 is 4.42 Å².